The summed E-state index contributed by atoms with van der Waals surface area (Å²) in [6, 6.07) is 7.92. The van der Waals surface area contributed by atoms with E-state index < -0.39 is 0 Å². The van der Waals surface area contributed by atoms with Crippen molar-refractivity contribution in [1.82, 2.24) is 9.78 Å². The molecule has 0 aliphatic carbocycles. The molecule has 5 nitrogen and oxygen atoms in total. The Morgan fingerprint density at radius 3 is 2.68 bits per heavy atom. The molecule has 134 valence electrons. The van der Waals surface area contributed by atoms with Crippen LogP contribution in [0.25, 0.3) is 5.69 Å². The van der Waals surface area contributed by atoms with Gasteiger partial charge in [-0.05, 0) is 37.1 Å². The quantitative estimate of drug-likeness (QED) is 0.916. The fraction of sp³-hybridized carbons (Fsp3) is 0.474. The zero-order valence-corrected chi connectivity index (χ0v) is 14.9. The van der Waals surface area contributed by atoms with E-state index in [1.165, 1.54) is 12.1 Å². The van der Waals surface area contributed by atoms with Gasteiger partial charge in [0.05, 0.1) is 23.9 Å². The van der Waals surface area contributed by atoms with Crippen molar-refractivity contribution in [2.24, 2.45) is 0 Å². The third-order valence-corrected chi connectivity index (χ3v) is 4.25. The number of benzene rings is 1. The molecule has 1 saturated heterocycles. The number of halogens is 1. The first-order valence-electron chi connectivity index (χ1n) is 8.61. The molecule has 6 heteroatoms. The van der Waals surface area contributed by atoms with Gasteiger partial charge < -0.3 is 10.1 Å². The highest BCUT2D eigenvalue weighted by atomic mass is 19.1. The van der Waals surface area contributed by atoms with Gasteiger partial charge in [0.15, 0.2) is 0 Å². The Morgan fingerprint density at radius 1 is 1.36 bits per heavy atom. The minimum absolute atomic E-state index is 0.00993. The summed E-state index contributed by atoms with van der Waals surface area (Å²) in [5, 5.41) is 7.55. The van der Waals surface area contributed by atoms with Crippen LogP contribution in [0.4, 0.5) is 10.2 Å². The smallest absolute Gasteiger partial charge is 0.228 e. The monoisotopic (exact) mass is 345 g/mol. The highest BCUT2D eigenvalue weighted by Crippen LogP contribution is 2.27. The standard InChI is InChI=1S/C19H24FN3O2/c1-19(2,3)16-12-17(21-18(24)11-15-5-4-10-25-15)23(22-16)14-8-6-13(20)7-9-14/h6-9,12,15H,4-5,10-11H2,1-3H3,(H,21,24)/t15-/m1/s1. The first kappa shape index (κ1) is 17.6. The molecule has 1 aromatic heterocycles. The van der Waals surface area contributed by atoms with Gasteiger partial charge in [0.1, 0.15) is 11.6 Å². The largest absolute Gasteiger partial charge is 0.378 e. The first-order chi connectivity index (χ1) is 11.8. The number of carbonyl (C=O) groups is 1. The average molecular weight is 345 g/mol. The molecule has 3 rings (SSSR count). The Balaban J connectivity index is 1.86. The van der Waals surface area contributed by atoms with Crippen LogP contribution in [0.2, 0.25) is 0 Å². The van der Waals surface area contributed by atoms with Crippen molar-refractivity contribution in [1.29, 1.82) is 0 Å². The maximum absolute atomic E-state index is 13.2. The summed E-state index contributed by atoms with van der Waals surface area (Å²) < 4.78 is 20.4. The molecule has 1 aliphatic heterocycles. The fourth-order valence-electron chi connectivity index (χ4n) is 2.82. The SMILES string of the molecule is CC(C)(C)c1cc(NC(=O)C[C@H]2CCCO2)n(-c2ccc(F)cc2)n1. The number of carbonyl (C=O) groups excluding carboxylic acids is 1. The Morgan fingerprint density at radius 2 is 2.08 bits per heavy atom. The summed E-state index contributed by atoms with van der Waals surface area (Å²) >= 11 is 0. The molecule has 2 aromatic rings. The lowest BCUT2D eigenvalue weighted by molar-refractivity contribution is -0.118. The zero-order chi connectivity index (χ0) is 18.0. The van der Waals surface area contributed by atoms with Crippen LogP contribution in [0.5, 0.6) is 0 Å². The van der Waals surface area contributed by atoms with Crippen LogP contribution < -0.4 is 5.32 Å². The molecule has 0 bridgehead atoms. The number of nitrogens with one attached hydrogen (secondary N) is 1. The van der Waals surface area contributed by atoms with Crippen LogP contribution in [0, 0.1) is 5.82 Å². The van der Waals surface area contributed by atoms with Crippen molar-refractivity contribution in [3.63, 3.8) is 0 Å². The molecule has 0 saturated carbocycles. The van der Waals surface area contributed by atoms with Gasteiger partial charge in [-0.25, -0.2) is 9.07 Å². The van der Waals surface area contributed by atoms with Gasteiger partial charge in [0.25, 0.3) is 0 Å². The van der Waals surface area contributed by atoms with E-state index in [2.05, 4.69) is 31.2 Å². The van der Waals surface area contributed by atoms with Crippen LogP contribution >= 0.6 is 0 Å². The minimum Gasteiger partial charge on any atom is -0.378 e. The van der Waals surface area contributed by atoms with Crippen molar-refractivity contribution < 1.29 is 13.9 Å². The van der Waals surface area contributed by atoms with E-state index in [0.717, 1.165) is 25.1 Å². The third kappa shape index (κ3) is 4.25. The lowest BCUT2D eigenvalue weighted by atomic mass is 9.92. The topological polar surface area (TPSA) is 56.1 Å². The Labute approximate surface area is 147 Å². The van der Waals surface area contributed by atoms with E-state index in [9.17, 15) is 9.18 Å². The molecular weight excluding hydrogens is 321 g/mol. The molecule has 1 atom stereocenters. The van der Waals surface area contributed by atoms with E-state index in [1.807, 2.05) is 6.07 Å². The van der Waals surface area contributed by atoms with E-state index in [-0.39, 0.29) is 23.2 Å². The summed E-state index contributed by atoms with van der Waals surface area (Å²) in [5.74, 6) is 0.172. The van der Waals surface area contributed by atoms with Crippen LogP contribution in [-0.4, -0.2) is 28.4 Å². The van der Waals surface area contributed by atoms with Gasteiger partial charge >= 0.3 is 0 Å². The number of amides is 1. The molecule has 2 heterocycles. The molecular formula is C19H24FN3O2. The average Bonchev–Trinajstić information content (AvgIpc) is 3.17. The van der Waals surface area contributed by atoms with Crippen molar-refractivity contribution in [2.45, 2.75) is 51.6 Å². The predicted octanol–water partition coefficient (Wildman–Crippen LogP) is 3.82. The highest BCUT2D eigenvalue weighted by Gasteiger charge is 2.23. The molecule has 1 aromatic carbocycles. The van der Waals surface area contributed by atoms with Crippen LogP contribution in [0.15, 0.2) is 30.3 Å². The van der Waals surface area contributed by atoms with Gasteiger partial charge in [-0.1, -0.05) is 20.8 Å². The number of aromatic nitrogens is 2. The van der Waals surface area contributed by atoms with E-state index in [4.69, 9.17) is 4.74 Å². The second-order valence-electron chi connectivity index (χ2n) is 7.44. The number of rotatable bonds is 4. The van der Waals surface area contributed by atoms with Crippen LogP contribution in [-0.2, 0) is 14.9 Å². The van der Waals surface area contributed by atoms with Crippen molar-refractivity contribution in [3.05, 3.63) is 41.8 Å². The third-order valence-electron chi connectivity index (χ3n) is 4.25. The number of hydrogen-bond donors (Lipinski definition) is 1. The maximum Gasteiger partial charge on any atom is 0.228 e. The molecule has 1 amide bonds. The van der Waals surface area contributed by atoms with E-state index >= 15 is 0 Å². The molecule has 0 spiro atoms. The number of hydrogen-bond acceptors (Lipinski definition) is 3. The number of anilines is 1. The minimum atomic E-state index is -0.309. The summed E-state index contributed by atoms with van der Waals surface area (Å²) in [4.78, 5) is 12.4. The van der Waals surface area contributed by atoms with Gasteiger partial charge in [0, 0.05) is 18.1 Å². The summed E-state index contributed by atoms with van der Waals surface area (Å²) in [6.45, 7) is 6.90. The van der Waals surface area contributed by atoms with Crippen molar-refractivity contribution in [3.8, 4) is 5.69 Å². The normalized spacial score (nSPS) is 17.7. The molecule has 1 aliphatic rings. The fourth-order valence-corrected chi connectivity index (χ4v) is 2.82. The summed E-state index contributed by atoms with van der Waals surface area (Å²) in [5.41, 5.74) is 1.38. The maximum atomic E-state index is 13.2. The van der Waals surface area contributed by atoms with Crippen LogP contribution in [0.3, 0.4) is 0 Å². The molecule has 0 radical (unpaired) electrons. The molecule has 1 fully saturated rings. The van der Waals surface area contributed by atoms with E-state index in [0.29, 0.717) is 17.9 Å². The van der Waals surface area contributed by atoms with E-state index in [1.54, 1.807) is 16.8 Å². The second kappa shape index (κ2) is 6.96. The van der Waals surface area contributed by atoms with Gasteiger partial charge in [-0.2, -0.15) is 5.10 Å². The predicted molar refractivity (Wildman–Crippen MR) is 94.4 cm³/mol. The van der Waals surface area contributed by atoms with Gasteiger partial charge in [-0.15, -0.1) is 0 Å². The lowest BCUT2D eigenvalue weighted by Crippen LogP contribution is -2.20. The van der Waals surface area contributed by atoms with Crippen molar-refractivity contribution >= 4 is 11.7 Å². The number of ether oxygens (including phenoxy) is 1. The van der Waals surface area contributed by atoms with Gasteiger partial charge in [-0.3, -0.25) is 4.79 Å². The Hall–Kier alpha value is -2.21. The number of nitrogens with zero attached hydrogens (tertiary/aromatic N) is 2. The molecule has 25 heavy (non-hydrogen) atoms. The van der Waals surface area contributed by atoms with Gasteiger partial charge in [0.2, 0.25) is 5.91 Å². The molecule has 0 unspecified atom stereocenters. The highest BCUT2D eigenvalue weighted by molar-refractivity contribution is 5.90. The second-order valence-corrected chi connectivity index (χ2v) is 7.44. The Bertz CT molecular complexity index is 741. The Kier molecular flexibility index (Phi) is 4.90. The lowest BCUT2D eigenvalue weighted by Gasteiger charge is -2.14. The molecule has 1 N–H and O–H groups in total. The first-order valence-corrected chi connectivity index (χ1v) is 8.61. The van der Waals surface area contributed by atoms with Crippen molar-refractivity contribution in [2.75, 3.05) is 11.9 Å². The van der Waals surface area contributed by atoms with Crippen LogP contribution in [0.1, 0.15) is 45.7 Å². The zero-order valence-electron chi connectivity index (χ0n) is 14.9. The summed E-state index contributed by atoms with van der Waals surface area (Å²) in [7, 11) is 0. The summed E-state index contributed by atoms with van der Waals surface area (Å²) in [6.07, 6.45) is 2.24.